The quantitative estimate of drug-likeness (QED) is 0.0278. The maximum absolute atomic E-state index is 5.11. The molecule has 0 aliphatic rings. The number of hydrogen-bond donors (Lipinski definition) is 0. The molecule has 0 heterocycles. The summed E-state index contributed by atoms with van der Waals surface area (Å²) in [5, 5.41) is 0. The van der Waals surface area contributed by atoms with Crippen LogP contribution in [-0.4, -0.2) is 11.9 Å². The molecule has 0 radical (unpaired) electrons. The second-order valence-electron chi connectivity index (χ2n) is 17.8. The van der Waals surface area contributed by atoms with Crippen LogP contribution >= 0.6 is 0 Å². The van der Waals surface area contributed by atoms with E-state index in [4.69, 9.17) is 9.98 Å². The smallest absolute Gasteiger partial charge is 0.0646 e. The molecule has 0 fully saturated rings. The first-order chi connectivity index (χ1) is 29.7. The molecule has 0 aliphatic carbocycles. The minimum absolute atomic E-state index is 0. The van der Waals surface area contributed by atoms with Gasteiger partial charge < -0.3 is 0 Å². The van der Waals surface area contributed by atoms with E-state index in [1.54, 1.807) is 0 Å². The van der Waals surface area contributed by atoms with Crippen LogP contribution in [0.4, 0.5) is 11.4 Å². The molecule has 2 aromatic carbocycles. The standard InChI is InChI=1S/C58H92N2.Ni/c1-4-7-10-13-16-18-20-22-24-26-28-30-32-34-36-39-44-54-46-42-49-56(51-54)59-53-58(48-41-38-15-12-9-6-3)60-57-50-43-47-55(52-57)45-40-37-35-33-31-29-27-25-23-21-19-17-14-11-8-5-2;/h42-43,46-47,49-53H,4-38,41,48H2,1-3H3;. The van der Waals surface area contributed by atoms with Crippen molar-refractivity contribution >= 4 is 23.3 Å². The molecule has 3 heteroatoms. The van der Waals surface area contributed by atoms with Crippen LogP contribution in [0, 0.1) is 23.7 Å². The Labute approximate surface area is 389 Å². The summed E-state index contributed by atoms with van der Waals surface area (Å²) < 4.78 is 0. The van der Waals surface area contributed by atoms with E-state index in [-0.39, 0.29) is 16.5 Å². The molecule has 0 aromatic heterocycles. The predicted octanol–water partition coefficient (Wildman–Crippen LogP) is 19.4. The van der Waals surface area contributed by atoms with Crippen LogP contribution in [0.25, 0.3) is 0 Å². The zero-order valence-electron chi connectivity index (χ0n) is 40.1. The van der Waals surface area contributed by atoms with E-state index in [0.717, 1.165) is 53.9 Å². The van der Waals surface area contributed by atoms with Crippen LogP contribution in [0.1, 0.15) is 269 Å². The van der Waals surface area contributed by atoms with Crippen LogP contribution in [0.15, 0.2) is 58.5 Å². The summed E-state index contributed by atoms with van der Waals surface area (Å²) in [7, 11) is 0. The molecule has 0 unspecified atom stereocenters. The van der Waals surface area contributed by atoms with Crippen molar-refractivity contribution in [2.75, 3.05) is 0 Å². The third-order valence-electron chi connectivity index (χ3n) is 11.9. The summed E-state index contributed by atoms with van der Waals surface area (Å²) in [6, 6.07) is 16.8. The SMILES string of the molecule is CCCCCCCCCCCCCCCCC#Cc1cccc(N=CC(CCCCCCCC)=Nc2cccc(C#CCCCCCCCCCCCCCCCC)c2)c1.[Ni]. The van der Waals surface area contributed by atoms with Gasteiger partial charge in [0.2, 0.25) is 0 Å². The van der Waals surface area contributed by atoms with E-state index < -0.39 is 0 Å². The molecule has 2 aromatic rings. The van der Waals surface area contributed by atoms with E-state index in [1.807, 2.05) is 6.21 Å². The number of rotatable bonds is 38. The molecule has 344 valence electrons. The third-order valence-corrected chi connectivity index (χ3v) is 11.9. The molecule has 0 N–H and O–H groups in total. The number of unbranched alkanes of at least 4 members (excludes halogenated alkanes) is 33. The van der Waals surface area contributed by atoms with Crippen LogP contribution in [0.2, 0.25) is 0 Å². The molecule has 0 saturated heterocycles. The van der Waals surface area contributed by atoms with Gasteiger partial charge in [-0.25, -0.2) is 0 Å². The van der Waals surface area contributed by atoms with E-state index >= 15 is 0 Å². The average Bonchev–Trinajstić information content (AvgIpc) is 3.26. The van der Waals surface area contributed by atoms with Gasteiger partial charge in [0.25, 0.3) is 0 Å². The molecule has 0 saturated carbocycles. The summed E-state index contributed by atoms with van der Waals surface area (Å²) in [6.45, 7) is 6.87. The summed E-state index contributed by atoms with van der Waals surface area (Å²) in [5.41, 5.74) is 5.04. The summed E-state index contributed by atoms with van der Waals surface area (Å²) in [5.74, 6) is 13.7. The molecule has 0 amide bonds. The fraction of sp³-hybridized carbons (Fsp3) is 0.690. The van der Waals surface area contributed by atoms with Crippen molar-refractivity contribution in [2.24, 2.45) is 9.98 Å². The molecule has 0 atom stereocenters. The maximum Gasteiger partial charge on any atom is 0.0646 e. The molecular weight excluding hydrogens is 783 g/mol. The molecule has 0 spiro atoms. The molecule has 0 bridgehead atoms. The van der Waals surface area contributed by atoms with Gasteiger partial charge in [-0.15, -0.1) is 0 Å². The Morgan fingerprint density at radius 2 is 0.738 bits per heavy atom. The Morgan fingerprint density at radius 3 is 1.13 bits per heavy atom. The van der Waals surface area contributed by atoms with Gasteiger partial charge >= 0.3 is 0 Å². The van der Waals surface area contributed by atoms with E-state index in [2.05, 4.69) is 93.0 Å². The summed E-state index contributed by atoms with van der Waals surface area (Å²) in [4.78, 5) is 10.0. The van der Waals surface area contributed by atoms with Crippen LogP contribution in [-0.2, 0) is 16.5 Å². The minimum atomic E-state index is 0. The number of benzene rings is 2. The molecule has 0 aliphatic heterocycles. The zero-order valence-corrected chi connectivity index (χ0v) is 41.1. The first-order valence-corrected chi connectivity index (χ1v) is 26.0. The van der Waals surface area contributed by atoms with Crippen LogP contribution in [0.3, 0.4) is 0 Å². The topological polar surface area (TPSA) is 24.7 Å². The van der Waals surface area contributed by atoms with Crippen LogP contribution in [0.5, 0.6) is 0 Å². The van der Waals surface area contributed by atoms with Gasteiger partial charge in [0.1, 0.15) is 0 Å². The monoisotopic (exact) mass is 875 g/mol. The second-order valence-corrected chi connectivity index (χ2v) is 17.8. The summed E-state index contributed by atoms with van der Waals surface area (Å²) in [6.07, 6.45) is 51.4. The van der Waals surface area contributed by atoms with Crippen molar-refractivity contribution in [3.63, 3.8) is 0 Å². The Kier molecular flexibility index (Phi) is 40.7. The Balaban J connectivity index is 0.0000186. The molecule has 61 heavy (non-hydrogen) atoms. The first kappa shape index (κ1) is 56.4. The van der Waals surface area contributed by atoms with Crippen molar-refractivity contribution in [1.82, 2.24) is 0 Å². The van der Waals surface area contributed by atoms with Gasteiger partial charge in [0, 0.05) is 46.7 Å². The molecule has 2 nitrogen and oxygen atoms in total. The van der Waals surface area contributed by atoms with Crippen molar-refractivity contribution in [3.05, 3.63) is 59.7 Å². The van der Waals surface area contributed by atoms with Crippen molar-refractivity contribution in [1.29, 1.82) is 0 Å². The van der Waals surface area contributed by atoms with Gasteiger partial charge in [-0.3, -0.25) is 9.98 Å². The maximum atomic E-state index is 5.11. The molecule has 2 rings (SSSR count). The largest absolute Gasteiger partial charge is 0.255 e. The van der Waals surface area contributed by atoms with Crippen molar-refractivity contribution < 1.29 is 16.5 Å². The third kappa shape index (κ3) is 35.5. The van der Waals surface area contributed by atoms with Gasteiger partial charge in [-0.2, -0.15) is 0 Å². The minimum Gasteiger partial charge on any atom is -0.255 e. The second kappa shape index (κ2) is 44.0. The summed E-state index contributed by atoms with van der Waals surface area (Å²) >= 11 is 0. The number of hydrogen-bond acceptors (Lipinski definition) is 2. The van der Waals surface area contributed by atoms with Gasteiger partial charge in [0.05, 0.1) is 17.1 Å². The number of nitrogens with zero attached hydrogens (tertiary/aromatic N) is 2. The first-order valence-electron chi connectivity index (χ1n) is 26.0. The van der Waals surface area contributed by atoms with Crippen molar-refractivity contribution in [3.8, 4) is 23.7 Å². The van der Waals surface area contributed by atoms with E-state index in [9.17, 15) is 0 Å². The van der Waals surface area contributed by atoms with Gasteiger partial charge in [-0.1, -0.05) is 256 Å². The van der Waals surface area contributed by atoms with E-state index in [0.29, 0.717) is 0 Å². The zero-order chi connectivity index (χ0) is 42.7. The van der Waals surface area contributed by atoms with Crippen molar-refractivity contribution in [2.45, 2.75) is 258 Å². The van der Waals surface area contributed by atoms with Crippen LogP contribution < -0.4 is 0 Å². The normalized spacial score (nSPS) is 11.3. The van der Waals surface area contributed by atoms with Gasteiger partial charge in [0.15, 0.2) is 0 Å². The Bertz CT molecular complexity index is 1470. The Hall–Kier alpha value is -2.61. The fourth-order valence-electron chi connectivity index (χ4n) is 8.01. The fourth-order valence-corrected chi connectivity index (χ4v) is 8.01. The number of aliphatic imine (C=N–C) groups is 2. The van der Waals surface area contributed by atoms with E-state index in [1.165, 1.54) is 212 Å². The van der Waals surface area contributed by atoms with Gasteiger partial charge in [-0.05, 0) is 62.1 Å². The molecular formula is C58H92N2Ni. The average molecular weight is 876 g/mol. The predicted molar refractivity (Wildman–Crippen MR) is 270 cm³/mol. The Morgan fingerprint density at radius 1 is 0.410 bits per heavy atom.